The number of hydrogen-bond donors (Lipinski definition) is 0. The zero-order valence-electron chi connectivity index (χ0n) is 24.9. The summed E-state index contributed by atoms with van der Waals surface area (Å²) in [6.07, 6.45) is 0. The molecule has 0 fully saturated rings. The van der Waals surface area contributed by atoms with E-state index >= 15 is 0 Å². The Balaban J connectivity index is 0.000000463. The molecule has 4 rings (SSSR count). The van der Waals surface area contributed by atoms with Crippen LogP contribution >= 0.6 is 0 Å². The average molecular weight is 497 g/mol. The second-order valence-electron chi connectivity index (χ2n) is 10.2. The first-order valence-electron chi connectivity index (χ1n) is 13.0. The Kier molecular flexibility index (Phi) is 15.2. The van der Waals surface area contributed by atoms with Crippen molar-refractivity contribution in [2.45, 2.75) is 90.5 Å². The van der Waals surface area contributed by atoms with Crippen molar-refractivity contribution in [3.8, 4) is 0 Å². The molecule has 0 heterocycles. The van der Waals surface area contributed by atoms with Crippen LogP contribution in [-0.4, -0.2) is 0 Å². The molecule has 0 saturated heterocycles. The predicted octanol–water partition coefficient (Wildman–Crippen LogP) is 11.1. The third-order valence-electron chi connectivity index (χ3n) is 7.08. The van der Waals surface area contributed by atoms with E-state index in [1.807, 2.05) is 0 Å². The van der Waals surface area contributed by atoms with Crippen LogP contribution in [0.25, 0.3) is 0 Å². The first kappa shape index (κ1) is 33.9. The molecule has 0 amide bonds. The molecule has 0 aliphatic rings. The Morgan fingerprint density at radius 2 is 0.568 bits per heavy atom. The molecule has 0 bridgehead atoms. The van der Waals surface area contributed by atoms with Crippen LogP contribution in [0.2, 0.25) is 0 Å². The summed E-state index contributed by atoms with van der Waals surface area (Å²) < 4.78 is 0. The van der Waals surface area contributed by atoms with Crippen LogP contribution in [0.5, 0.6) is 0 Å². The summed E-state index contributed by atoms with van der Waals surface area (Å²) in [6.45, 7) is 25.7. The van der Waals surface area contributed by atoms with Gasteiger partial charge in [0.1, 0.15) is 0 Å². The van der Waals surface area contributed by atoms with Gasteiger partial charge in [0.25, 0.3) is 0 Å². The highest BCUT2D eigenvalue weighted by atomic mass is 14.0. The van der Waals surface area contributed by atoms with E-state index in [2.05, 4.69) is 156 Å². The van der Waals surface area contributed by atoms with Gasteiger partial charge < -0.3 is 0 Å². The number of rotatable bonds is 0. The van der Waals surface area contributed by atoms with Crippen molar-refractivity contribution in [3.63, 3.8) is 0 Å². The van der Waals surface area contributed by atoms with Gasteiger partial charge in [-0.15, -0.1) is 0 Å². The van der Waals surface area contributed by atoms with Crippen LogP contribution in [0.4, 0.5) is 0 Å². The normalized spacial score (nSPS) is 9.41. The van der Waals surface area contributed by atoms with Gasteiger partial charge in [0.2, 0.25) is 0 Å². The first-order valence-corrected chi connectivity index (χ1v) is 13.0. The number of benzene rings is 4. The Morgan fingerprint density at radius 1 is 0.297 bits per heavy atom. The fraction of sp³-hybridized carbons (Fsp3) is 0.351. The number of aryl methyl sites for hydroxylation is 10. The van der Waals surface area contributed by atoms with Gasteiger partial charge in [0.15, 0.2) is 0 Å². The monoisotopic (exact) mass is 496 g/mol. The van der Waals surface area contributed by atoms with Crippen molar-refractivity contribution in [2.75, 3.05) is 0 Å². The summed E-state index contributed by atoms with van der Waals surface area (Å²) in [5.41, 5.74) is 16.6. The quantitative estimate of drug-likeness (QED) is 0.227. The Bertz CT molecular complexity index is 1100. The fourth-order valence-electron chi connectivity index (χ4n) is 3.58. The van der Waals surface area contributed by atoms with E-state index in [1.54, 1.807) is 0 Å². The van der Waals surface area contributed by atoms with E-state index in [9.17, 15) is 0 Å². The lowest BCUT2D eigenvalue weighted by Crippen LogP contribution is -1.82. The highest BCUT2D eigenvalue weighted by Gasteiger charge is 1.93. The van der Waals surface area contributed by atoms with E-state index in [4.69, 9.17) is 0 Å². The lowest BCUT2D eigenvalue weighted by atomic mass is 10.1. The third-order valence-corrected chi connectivity index (χ3v) is 7.08. The molecule has 0 spiro atoms. The van der Waals surface area contributed by atoms with Crippen molar-refractivity contribution < 1.29 is 0 Å². The zero-order valence-corrected chi connectivity index (χ0v) is 24.9. The van der Waals surface area contributed by atoms with Crippen molar-refractivity contribution in [3.05, 3.63) is 140 Å². The summed E-state index contributed by atoms with van der Waals surface area (Å²) in [5, 5.41) is 0. The van der Waals surface area contributed by atoms with Gasteiger partial charge in [0.05, 0.1) is 0 Å². The van der Waals surface area contributed by atoms with Gasteiger partial charge in [-0.2, -0.15) is 0 Å². The van der Waals surface area contributed by atoms with Gasteiger partial charge in [-0.3, -0.25) is 0 Å². The molecular formula is C37H52. The van der Waals surface area contributed by atoms with Crippen molar-refractivity contribution in [2.24, 2.45) is 0 Å². The maximum atomic E-state index is 2.20. The van der Waals surface area contributed by atoms with Crippen molar-refractivity contribution in [1.29, 1.82) is 0 Å². The van der Waals surface area contributed by atoms with Crippen molar-refractivity contribution >= 4 is 0 Å². The van der Waals surface area contributed by atoms with Crippen LogP contribution in [0.3, 0.4) is 0 Å². The zero-order chi connectivity index (χ0) is 27.4. The fourth-order valence-corrected chi connectivity index (χ4v) is 3.58. The van der Waals surface area contributed by atoms with Crippen molar-refractivity contribution in [1.82, 2.24) is 0 Å². The second kappa shape index (κ2) is 16.6. The van der Waals surface area contributed by atoms with Gasteiger partial charge in [0, 0.05) is 0 Å². The minimum Gasteiger partial charge on any atom is -0.0776 e. The van der Waals surface area contributed by atoms with Crippen LogP contribution in [0, 0.1) is 83.1 Å². The molecule has 4 aromatic carbocycles. The maximum Gasteiger partial charge on any atom is -0.0392 e. The summed E-state index contributed by atoms with van der Waals surface area (Å²) in [5.74, 6) is 0. The minimum atomic E-state index is 0. The molecule has 0 radical (unpaired) electrons. The lowest BCUT2D eigenvalue weighted by Gasteiger charge is -2.00. The molecule has 0 nitrogen and oxygen atoms in total. The standard InChI is InChI=1S/4C9H12.CH4/c2*1-7-4-5-8(2)9(3)6-7;2*1-7-5-4-6-8(2)9(7)3;/h4*4-6H,1-3H3;1H4. The molecule has 4 aromatic rings. The molecule has 0 aromatic heterocycles. The summed E-state index contributed by atoms with van der Waals surface area (Å²) in [4.78, 5) is 0. The molecule has 37 heavy (non-hydrogen) atoms. The summed E-state index contributed by atoms with van der Waals surface area (Å²) >= 11 is 0. The van der Waals surface area contributed by atoms with Gasteiger partial charge >= 0.3 is 0 Å². The highest BCUT2D eigenvalue weighted by molar-refractivity contribution is 5.33. The molecular weight excluding hydrogens is 444 g/mol. The van der Waals surface area contributed by atoms with E-state index in [1.165, 1.54) is 66.8 Å². The van der Waals surface area contributed by atoms with Gasteiger partial charge in [-0.25, -0.2) is 0 Å². The predicted molar refractivity (Wildman–Crippen MR) is 169 cm³/mol. The molecule has 0 N–H and O–H groups in total. The molecule has 0 atom stereocenters. The Labute approximate surface area is 229 Å². The second-order valence-corrected chi connectivity index (χ2v) is 10.2. The van der Waals surface area contributed by atoms with Gasteiger partial charge in [-0.1, -0.05) is 91.3 Å². The largest absolute Gasteiger partial charge is 0.0776 e. The van der Waals surface area contributed by atoms with E-state index in [0.29, 0.717) is 0 Å². The van der Waals surface area contributed by atoms with E-state index < -0.39 is 0 Å². The molecule has 0 unspecified atom stereocenters. The first-order chi connectivity index (χ1) is 16.8. The summed E-state index contributed by atoms with van der Waals surface area (Å²) in [6, 6.07) is 25.8. The van der Waals surface area contributed by atoms with Crippen LogP contribution in [0.15, 0.2) is 72.8 Å². The number of hydrogen-bond acceptors (Lipinski definition) is 0. The third kappa shape index (κ3) is 12.1. The molecule has 0 aliphatic carbocycles. The smallest absolute Gasteiger partial charge is 0.0392 e. The lowest BCUT2D eigenvalue weighted by molar-refractivity contribution is 1.27. The van der Waals surface area contributed by atoms with Crippen LogP contribution in [-0.2, 0) is 0 Å². The summed E-state index contributed by atoms with van der Waals surface area (Å²) in [7, 11) is 0. The van der Waals surface area contributed by atoms with E-state index in [-0.39, 0.29) is 7.43 Å². The maximum absolute atomic E-state index is 2.20. The Morgan fingerprint density at radius 3 is 0.757 bits per heavy atom. The highest BCUT2D eigenvalue weighted by Crippen LogP contribution is 2.11. The Hall–Kier alpha value is -3.12. The van der Waals surface area contributed by atoms with Crippen LogP contribution < -0.4 is 0 Å². The van der Waals surface area contributed by atoms with Gasteiger partial charge in [-0.05, 0) is 139 Å². The average Bonchev–Trinajstić information content (AvgIpc) is 2.82. The molecule has 0 aliphatic heterocycles. The van der Waals surface area contributed by atoms with E-state index in [0.717, 1.165) is 0 Å². The molecule has 0 heteroatoms. The minimum absolute atomic E-state index is 0. The topological polar surface area (TPSA) is 0 Å². The van der Waals surface area contributed by atoms with Crippen LogP contribution in [0.1, 0.15) is 74.2 Å². The molecule has 0 saturated carbocycles. The SMILES string of the molecule is C.Cc1ccc(C)c(C)c1.Cc1ccc(C)c(C)c1.Cc1cccc(C)c1C.Cc1cccc(C)c1C. The molecule has 200 valence electrons.